The fourth-order valence-electron chi connectivity index (χ4n) is 7.83. The van der Waals surface area contributed by atoms with Gasteiger partial charge in [-0.1, -0.05) is 102 Å². The summed E-state index contributed by atoms with van der Waals surface area (Å²) in [4.78, 5) is 65.0. The molecule has 3 aromatic heterocycles. The lowest BCUT2D eigenvalue weighted by atomic mass is 9.77. The number of esters is 1. The highest BCUT2D eigenvalue weighted by Crippen LogP contribution is 2.42. The average Bonchev–Trinajstić information content (AvgIpc) is 3.90. The summed E-state index contributed by atoms with van der Waals surface area (Å²) in [7, 11) is 0. The van der Waals surface area contributed by atoms with Crippen molar-refractivity contribution < 1.29 is 38.4 Å². The summed E-state index contributed by atoms with van der Waals surface area (Å²) in [6.45, 7) is 7.00. The predicted octanol–water partition coefficient (Wildman–Crippen LogP) is 6.17. The van der Waals surface area contributed by atoms with Gasteiger partial charge in [0.2, 0.25) is 5.60 Å². The third-order valence-electron chi connectivity index (χ3n) is 10.7. The quantitative estimate of drug-likeness (QED) is 0.0271. The number of amides is 2. The standard InChI is InChI=1S/C47H45N7O7S2/c1-45(2,3)60-43(59)46(4,26-35-30-63-44(49-35)51-47(32-16-8-5-9-17-32,33-18-10-6-11-19-33)34-20-12-7-13-21-34)61-48-27-36(55)50-38-40(56)54-39(42(57)58)31(29-62-41(38)54)28-53-25-24-52-23-15-14-22-37(52)53/h5-25,27,30,38,41H,26,28-29H2,1-4H3,(H2-,49,50,51,55,57,58)/p+1/t38-,41-,46?/m0/s1. The van der Waals surface area contributed by atoms with Crippen LogP contribution in [0.4, 0.5) is 5.13 Å². The maximum absolute atomic E-state index is 13.8. The zero-order valence-corrected chi connectivity index (χ0v) is 36.6. The molecule has 16 heteroatoms. The Morgan fingerprint density at radius 2 is 1.52 bits per heavy atom. The fourth-order valence-corrected chi connectivity index (χ4v) is 9.93. The molecule has 0 radical (unpaired) electrons. The van der Waals surface area contributed by atoms with Crippen LogP contribution in [-0.4, -0.2) is 77.7 Å². The lowest BCUT2D eigenvalue weighted by molar-refractivity contribution is -0.662. The Hall–Kier alpha value is -6.78. The number of imidazole rings is 1. The van der Waals surface area contributed by atoms with Crippen LogP contribution in [0, 0.1) is 0 Å². The van der Waals surface area contributed by atoms with Crippen LogP contribution in [0.3, 0.4) is 0 Å². The molecule has 322 valence electrons. The Bertz CT molecular complexity index is 2620. The van der Waals surface area contributed by atoms with Gasteiger partial charge in [-0.2, -0.15) is 0 Å². The number of thiazole rings is 1. The number of oxime groups is 1. The third kappa shape index (κ3) is 8.81. The van der Waals surface area contributed by atoms with Gasteiger partial charge in [-0.15, -0.1) is 23.1 Å². The van der Waals surface area contributed by atoms with Crippen molar-refractivity contribution in [3.8, 4) is 0 Å². The summed E-state index contributed by atoms with van der Waals surface area (Å²) < 4.78 is 9.60. The summed E-state index contributed by atoms with van der Waals surface area (Å²) in [5.41, 5.74) is 1.43. The number of fused-ring (bicyclic) bond motifs is 2. The van der Waals surface area contributed by atoms with Gasteiger partial charge in [-0.3, -0.25) is 14.5 Å². The molecule has 14 nitrogen and oxygen atoms in total. The number of hydrogen-bond donors (Lipinski definition) is 3. The van der Waals surface area contributed by atoms with Crippen molar-refractivity contribution in [2.45, 2.75) is 68.8 Å². The summed E-state index contributed by atoms with van der Waals surface area (Å²) in [5.74, 6) is -2.92. The van der Waals surface area contributed by atoms with Crippen LogP contribution in [-0.2, 0) is 47.3 Å². The predicted molar refractivity (Wildman–Crippen MR) is 240 cm³/mol. The van der Waals surface area contributed by atoms with E-state index < -0.39 is 51.9 Å². The zero-order chi connectivity index (χ0) is 44.4. The molecule has 2 amide bonds. The van der Waals surface area contributed by atoms with E-state index in [0.29, 0.717) is 22.2 Å². The highest BCUT2D eigenvalue weighted by Gasteiger charge is 2.54. The van der Waals surface area contributed by atoms with E-state index in [1.54, 1.807) is 20.8 Å². The number of aromatic nitrogens is 3. The number of anilines is 1. The number of carbonyl (C=O) groups excluding carboxylic acids is 3. The van der Waals surface area contributed by atoms with Gasteiger partial charge < -0.3 is 25.3 Å². The average molecular weight is 885 g/mol. The summed E-state index contributed by atoms with van der Waals surface area (Å²) in [6.07, 6.45) is 6.41. The summed E-state index contributed by atoms with van der Waals surface area (Å²) in [5, 5.41) is 22.3. The van der Waals surface area contributed by atoms with Crippen molar-refractivity contribution in [3.63, 3.8) is 0 Å². The first kappa shape index (κ1) is 42.9. The second kappa shape index (κ2) is 17.5. The Morgan fingerprint density at radius 3 is 2.13 bits per heavy atom. The van der Waals surface area contributed by atoms with E-state index >= 15 is 0 Å². The number of nitrogens with zero attached hydrogens (tertiary/aromatic N) is 5. The fraction of sp³-hybridized carbons (Fsp3) is 0.255. The topological polar surface area (TPSA) is 168 Å². The van der Waals surface area contributed by atoms with E-state index in [-0.39, 0.29) is 18.7 Å². The van der Waals surface area contributed by atoms with Gasteiger partial charge in [0.05, 0.1) is 11.9 Å². The number of carbonyl (C=O) groups is 4. The first-order valence-electron chi connectivity index (χ1n) is 20.3. The van der Waals surface area contributed by atoms with Crippen molar-refractivity contribution in [1.29, 1.82) is 0 Å². The van der Waals surface area contributed by atoms with E-state index in [1.165, 1.54) is 34.9 Å². The maximum atomic E-state index is 13.8. The molecule has 2 aliphatic heterocycles. The van der Waals surface area contributed by atoms with Gasteiger partial charge in [-0.25, -0.2) is 23.5 Å². The van der Waals surface area contributed by atoms with Crippen LogP contribution in [0.2, 0.25) is 0 Å². The van der Waals surface area contributed by atoms with Gasteiger partial charge >= 0.3 is 11.9 Å². The number of carboxylic acid groups (broad SMARTS) is 1. The van der Waals surface area contributed by atoms with Crippen LogP contribution < -0.4 is 15.2 Å². The molecule has 3 N–H and O–H groups in total. The van der Waals surface area contributed by atoms with Crippen molar-refractivity contribution >= 4 is 63.8 Å². The van der Waals surface area contributed by atoms with Gasteiger partial charge in [0.15, 0.2) is 5.13 Å². The number of ether oxygens (including phenoxy) is 1. The highest BCUT2D eigenvalue weighted by molar-refractivity contribution is 8.00. The van der Waals surface area contributed by atoms with Crippen molar-refractivity contribution in [2.24, 2.45) is 5.16 Å². The van der Waals surface area contributed by atoms with Gasteiger partial charge in [0, 0.05) is 29.2 Å². The molecular formula is C47H46N7O7S2+. The number of benzene rings is 3. The molecule has 63 heavy (non-hydrogen) atoms. The lowest BCUT2D eigenvalue weighted by Crippen LogP contribution is -2.70. The Morgan fingerprint density at radius 1 is 0.905 bits per heavy atom. The molecule has 5 heterocycles. The number of carboxylic acids is 1. The number of β-lactam (4-membered cyclic amide) rings is 1. The molecule has 2 aliphatic rings. The van der Waals surface area contributed by atoms with E-state index in [4.69, 9.17) is 14.6 Å². The van der Waals surface area contributed by atoms with Crippen LogP contribution >= 0.6 is 23.1 Å². The monoisotopic (exact) mass is 884 g/mol. The number of nitrogens with one attached hydrogen (secondary N) is 2. The number of rotatable bonds is 15. The maximum Gasteiger partial charge on any atom is 0.354 e. The second-order valence-corrected chi connectivity index (χ2v) is 18.4. The second-order valence-electron chi connectivity index (χ2n) is 16.4. The molecule has 0 saturated carbocycles. The number of pyridine rings is 1. The van der Waals surface area contributed by atoms with Gasteiger partial charge in [-0.05, 0) is 50.5 Å². The highest BCUT2D eigenvalue weighted by atomic mass is 32.2. The van der Waals surface area contributed by atoms with Gasteiger partial charge in [0.1, 0.15) is 53.4 Å². The SMILES string of the molecule is CC(C)(C)OC(=O)C(C)(Cc1csc(NC(c2ccccc2)(c2ccccc2)c2ccccc2)n1)ON=CC(=O)N[C@H]1C(=O)N2C(C(=O)O)=C(C[n+]3ccn4ccccc43)CS[C@@H]12. The summed E-state index contributed by atoms with van der Waals surface area (Å²) in [6, 6.07) is 35.1. The molecule has 8 rings (SSSR count). The van der Waals surface area contributed by atoms with Crippen LogP contribution in [0.15, 0.2) is 150 Å². The zero-order valence-electron chi connectivity index (χ0n) is 35.0. The molecule has 0 spiro atoms. The molecule has 1 saturated heterocycles. The van der Waals surface area contributed by atoms with E-state index in [9.17, 15) is 24.3 Å². The molecule has 6 aromatic rings. The van der Waals surface area contributed by atoms with E-state index in [2.05, 4.69) is 52.2 Å². The lowest BCUT2D eigenvalue weighted by Gasteiger charge is -2.49. The minimum atomic E-state index is -1.73. The van der Waals surface area contributed by atoms with Crippen LogP contribution in [0.25, 0.3) is 5.65 Å². The van der Waals surface area contributed by atoms with E-state index in [1.807, 2.05) is 106 Å². The molecular weight excluding hydrogens is 839 g/mol. The van der Waals surface area contributed by atoms with Crippen molar-refractivity contribution in [1.82, 2.24) is 19.6 Å². The molecule has 0 aliphatic carbocycles. The number of thioether (sulfide) groups is 1. The smallest absolute Gasteiger partial charge is 0.354 e. The molecule has 1 unspecified atom stereocenters. The van der Waals surface area contributed by atoms with Crippen molar-refractivity contribution in [3.05, 3.63) is 167 Å². The first-order chi connectivity index (χ1) is 30.3. The third-order valence-corrected chi connectivity index (χ3v) is 12.9. The molecule has 1 fully saturated rings. The minimum Gasteiger partial charge on any atom is -0.477 e. The Balaban J connectivity index is 0.983. The Labute approximate surface area is 372 Å². The molecule has 0 bridgehead atoms. The normalized spacial score (nSPS) is 17.5. The van der Waals surface area contributed by atoms with Gasteiger partial charge in [0.25, 0.3) is 17.5 Å². The van der Waals surface area contributed by atoms with E-state index in [0.717, 1.165) is 28.6 Å². The molecule has 3 atom stereocenters. The van der Waals surface area contributed by atoms with Crippen LogP contribution in [0.1, 0.15) is 50.1 Å². The first-order valence-corrected chi connectivity index (χ1v) is 22.2. The Kier molecular flexibility index (Phi) is 11.9. The van der Waals surface area contributed by atoms with Crippen LogP contribution in [0.5, 0.6) is 0 Å². The minimum absolute atomic E-state index is 0.0625. The molecule has 3 aromatic carbocycles. The van der Waals surface area contributed by atoms with Crippen molar-refractivity contribution in [2.75, 3.05) is 11.1 Å². The number of aliphatic carboxylic acids is 1. The summed E-state index contributed by atoms with van der Waals surface area (Å²) >= 11 is 2.73. The number of hydrogen-bond acceptors (Lipinski definition) is 11. The largest absolute Gasteiger partial charge is 0.477 e.